The first-order valence-electron chi connectivity index (χ1n) is 7.39. The third-order valence-corrected chi connectivity index (χ3v) is 3.68. The maximum absolute atomic E-state index is 5.97. The largest absolute Gasteiger partial charge is 0.493 e. The lowest BCUT2D eigenvalue weighted by Gasteiger charge is -2.12. The van der Waals surface area contributed by atoms with Crippen molar-refractivity contribution < 1.29 is 9.47 Å². The van der Waals surface area contributed by atoms with Crippen molar-refractivity contribution in [2.45, 2.75) is 20.4 Å². The highest BCUT2D eigenvalue weighted by atomic mass is 16.5. The summed E-state index contributed by atoms with van der Waals surface area (Å²) in [6.45, 7) is 4.55. The molecule has 0 spiro atoms. The molecule has 0 radical (unpaired) electrons. The van der Waals surface area contributed by atoms with Gasteiger partial charge >= 0.3 is 0 Å². The molecule has 0 aromatic heterocycles. The molecule has 23 heavy (non-hydrogen) atoms. The monoisotopic (exact) mass is 313 g/mol. The minimum absolute atomic E-state index is 0.359. The summed E-state index contributed by atoms with van der Waals surface area (Å²) in [6, 6.07) is 11.8. The summed E-state index contributed by atoms with van der Waals surface area (Å²) in [5.74, 6) is 1.72. The van der Waals surface area contributed by atoms with Crippen LogP contribution in [0.3, 0.4) is 0 Å². The van der Waals surface area contributed by atoms with Gasteiger partial charge in [0.15, 0.2) is 17.5 Å². The Labute approximate surface area is 137 Å². The van der Waals surface area contributed by atoms with E-state index in [-0.39, 0.29) is 0 Å². The molecular formula is C18H23N3O2. The maximum atomic E-state index is 5.97. The van der Waals surface area contributed by atoms with E-state index in [1.54, 1.807) is 14.2 Å². The number of nitrogens with one attached hydrogen (secondary N) is 1. The van der Waals surface area contributed by atoms with Gasteiger partial charge in [-0.1, -0.05) is 18.2 Å². The number of benzene rings is 2. The molecule has 5 nitrogen and oxygen atoms in total. The van der Waals surface area contributed by atoms with E-state index in [1.807, 2.05) is 30.3 Å². The number of ether oxygens (including phenoxy) is 2. The maximum Gasteiger partial charge on any atom is 0.193 e. The van der Waals surface area contributed by atoms with Gasteiger partial charge < -0.3 is 20.5 Å². The Bertz CT molecular complexity index is 711. The summed E-state index contributed by atoms with van der Waals surface area (Å²) in [5, 5.41) is 3.10. The van der Waals surface area contributed by atoms with Crippen LogP contribution in [0.5, 0.6) is 11.5 Å². The minimum Gasteiger partial charge on any atom is -0.493 e. The Hall–Kier alpha value is -2.69. The SMILES string of the molecule is COc1cccc(CN=C(N)Nc2ccc(C)c(C)c2)c1OC. The smallest absolute Gasteiger partial charge is 0.193 e. The van der Waals surface area contributed by atoms with Gasteiger partial charge in [0.1, 0.15) is 0 Å². The lowest BCUT2D eigenvalue weighted by molar-refractivity contribution is 0.352. The van der Waals surface area contributed by atoms with Gasteiger partial charge in [-0.2, -0.15) is 0 Å². The summed E-state index contributed by atoms with van der Waals surface area (Å²) in [4.78, 5) is 4.37. The van der Waals surface area contributed by atoms with E-state index in [2.05, 4.69) is 30.2 Å². The average molecular weight is 313 g/mol. The Balaban J connectivity index is 2.12. The van der Waals surface area contributed by atoms with Crippen LogP contribution in [0.1, 0.15) is 16.7 Å². The highest BCUT2D eigenvalue weighted by molar-refractivity contribution is 5.92. The third-order valence-electron chi connectivity index (χ3n) is 3.68. The number of nitrogens with zero attached hydrogens (tertiary/aromatic N) is 1. The number of hydrogen-bond donors (Lipinski definition) is 2. The van der Waals surface area contributed by atoms with Crippen molar-refractivity contribution in [2.75, 3.05) is 19.5 Å². The molecule has 0 aliphatic carbocycles. The molecule has 0 heterocycles. The van der Waals surface area contributed by atoms with Crippen LogP contribution in [-0.2, 0) is 6.54 Å². The second-order valence-corrected chi connectivity index (χ2v) is 5.28. The van der Waals surface area contributed by atoms with Crippen molar-refractivity contribution >= 4 is 11.6 Å². The van der Waals surface area contributed by atoms with Crippen molar-refractivity contribution in [3.05, 3.63) is 53.1 Å². The van der Waals surface area contributed by atoms with Crippen molar-refractivity contribution in [3.63, 3.8) is 0 Å². The lowest BCUT2D eigenvalue weighted by Crippen LogP contribution is -2.22. The van der Waals surface area contributed by atoms with Crippen LogP contribution in [-0.4, -0.2) is 20.2 Å². The van der Waals surface area contributed by atoms with Crippen LogP contribution in [0.2, 0.25) is 0 Å². The number of aliphatic imine (C=N–C) groups is 1. The number of para-hydroxylation sites is 1. The van der Waals surface area contributed by atoms with Gasteiger partial charge in [0.25, 0.3) is 0 Å². The van der Waals surface area contributed by atoms with Crippen LogP contribution < -0.4 is 20.5 Å². The number of nitrogens with two attached hydrogens (primary N) is 1. The molecule has 0 unspecified atom stereocenters. The van der Waals surface area contributed by atoms with E-state index < -0.39 is 0 Å². The average Bonchev–Trinajstić information content (AvgIpc) is 2.55. The fraction of sp³-hybridized carbons (Fsp3) is 0.278. The van der Waals surface area contributed by atoms with Crippen LogP contribution >= 0.6 is 0 Å². The predicted octanol–water partition coefficient (Wildman–Crippen LogP) is 3.25. The molecule has 0 amide bonds. The zero-order valence-corrected chi connectivity index (χ0v) is 14.0. The van der Waals surface area contributed by atoms with Gasteiger partial charge in [-0.3, -0.25) is 0 Å². The number of anilines is 1. The van der Waals surface area contributed by atoms with Crippen LogP contribution in [0.25, 0.3) is 0 Å². The fourth-order valence-corrected chi connectivity index (χ4v) is 2.26. The molecule has 0 aliphatic heterocycles. The van der Waals surface area contributed by atoms with Crippen molar-refractivity contribution in [3.8, 4) is 11.5 Å². The topological polar surface area (TPSA) is 68.9 Å². The van der Waals surface area contributed by atoms with Crippen LogP contribution in [0.15, 0.2) is 41.4 Å². The Morgan fingerprint density at radius 2 is 1.87 bits per heavy atom. The first-order valence-corrected chi connectivity index (χ1v) is 7.39. The number of hydrogen-bond acceptors (Lipinski definition) is 3. The third kappa shape index (κ3) is 4.16. The summed E-state index contributed by atoms with van der Waals surface area (Å²) in [6.07, 6.45) is 0. The molecule has 122 valence electrons. The summed E-state index contributed by atoms with van der Waals surface area (Å²) in [5.41, 5.74) is 10.3. The van der Waals surface area contributed by atoms with Crippen LogP contribution in [0, 0.1) is 13.8 Å². The van der Waals surface area contributed by atoms with Gasteiger partial charge in [0, 0.05) is 11.3 Å². The molecule has 3 N–H and O–H groups in total. The number of aryl methyl sites for hydroxylation is 2. The van der Waals surface area contributed by atoms with E-state index in [0.717, 1.165) is 11.3 Å². The van der Waals surface area contributed by atoms with Gasteiger partial charge in [0.2, 0.25) is 0 Å². The molecule has 2 aromatic carbocycles. The van der Waals surface area contributed by atoms with E-state index >= 15 is 0 Å². The second-order valence-electron chi connectivity index (χ2n) is 5.28. The zero-order chi connectivity index (χ0) is 16.8. The molecule has 0 fully saturated rings. The Morgan fingerprint density at radius 1 is 1.09 bits per heavy atom. The summed E-state index contributed by atoms with van der Waals surface area (Å²) < 4.78 is 10.7. The molecular weight excluding hydrogens is 290 g/mol. The summed E-state index contributed by atoms with van der Waals surface area (Å²) in [7, 11) is 3.22. The first kappa shape index (κ1) is 16.7. The highest BCUT2D eigenvalue weighted by Gasteiger charge is 2.08. The van der Waals surface area contributed by atoms with Gasteiger partial charge in [-0.05, 0) is 43.2 Å². The van der Waals surface area contributed by atoms with Crippen molar-refractivity contribution in [1.82, 2.24) is 0 Å². The van der Waals surface area contributed by atoms with Crippen molar-refractivity contribution in [1.29, 1.82) is 0 Å². The van der Waals surface area contributed by atoms with Gasteiger partial charge in [-0.15, -0.1) is 0 Å². The van der Waals surface area contributed by atoms with Gasteiger partial charge in [-0.25, -0.2) is 4.99 Å². The van der Waals surface area contributed by atoms with Gasteiger partial charge in [0.05, 0.1) is 20.8 Å². The first-order chi connectivity index (χ1) is 11.0. The standard InChI is InChI=1S/C18H23N3O2/c1-12-8-9-15(10-13(12)2)21-18(19)20-11-14-6-5-7-16(22-3)17(14)23-4/h5-10H,11H2,1-4H3,(H3,19,20,21). The normalized spacial score (nSPS) is 11.2. The van der Waals surface area contributed by atoms with Crippen molar-refractivity contribution in [2.24, 2.45) is 10.7 Å². The minimum atomic E-state index is 0.359. The van der Waals surface area contributed by atoms with Crippen LogP contribution in [0.4, 0.5) is 5.69 Å². The summed E-state index contributed by atoms with van der Waals surface area (Å²) >= 11 is 0. The van der Waals surface area contributed by atoms with E-state index in [9.17, 15) is 0 Å². The highest BCUT2D eigenvalue weighted by Crippen LogP contribution is 2.31. The van der Waals surface area contributed by atoms with E-state index in [4.69, 9.17) is 15.2 Å². The zero-order valence-electron chi connectivity index (χ0n) is 14.0. The molecule has 0 aliphatic rings. The molecule has 2 aromatic rings. The fourth-order valence-electron chi connectivity index (χ4n) is 2.26. The molecule has 0 bridgehead atoms. The Kier molecular flexibility index (Phi) is 5.46. The molecule has 2 rings (SSSR count). The second kappa shape index (κ2) is 7.54. The number of methoxy groups -OCH3 is 2. The molecule has 0 atom stereocenters. The number of guanidine groups is 1. The van der Waals surface area contributed by atoms with E-state index in [0.29, 0.717) is 24.0 Å². The van der Waals surface area contributed by atoms with E-state index in [1.165, 1.54) is 11.1 Å². The molecule has 5 heteroatoms. The Morgan fingerprint density at radius 3 is 2.52 bits per heavy atom. The number of rotatable bonds is 5. The molecule has 0 saturated carbocycles. The quantitative estimate of drug-likeness (QED) is 0.657. The predicted molar refractivity (Wildman–Crippen MR) is 94.4 cm³/mol. The lowest BCUT2D eigenvalue weighted by atomic mass is 10.1. The molecule has 0 saturated heterocycles.